The summed E-state index contributed by atoms with van der Waals surface area (Å²) in [6.45, 7) is 7.30. The van der Waals surface area contributed by atoms with Crippen LogP contribution < -0.4 is 16.0 Å². The lowest BCUT2D eigenvalue weighted by Crippen LogP contribution is -2.30. The van der Waals surface area contributed by atoms with Crippen LogP contribution in [0.15, 0.2) is 51.7 Å². The molecule has 1 aromatic heterocycles. The third-order valence-corrected chi connectivity index (χ3v) is 4.48. The molecule has 0 aliphatic heterocycles. The number of nitrogens with zero attached hydrogens (tertiary/aromatic N) is 2. The van der Waals surface area contributed by atoms with Crippen LogP contribution in [0.25, 0.3) is 11.1 Å². The number of hydrogen-bond donors (Lipinski definition) is 1. The Morgan fingerprint density at radius 2 is 1.88 bits per heavy atom. The summed E-state index contributed by atoms with van der Waals surface area (Å²) in [7, 11) is 1.64. The van der Waals surface area contributed by atoms with Gasteiger partial charge >= 0.3 is 5.76 Å². The highest BCUT2D eigenvalue weighted by molar-refractivity contribution is 6.05. The molecule has 1 N–H and O–H groups in total. The maximum absolute atomic E-state index is 12.5. The van der Waals surface area contributed by atoms with Gasteiger partial charge in [-0.25, -0.2) is 4.79 Å². The molecule has 0 aliphatic rings. The van der Waals surface area contributed by atoms with E-state index in [9.17, 15) is 9.59 Å². The maximum atomic E-state index is 12.5. The smallest absolute Gasteiger partial charge is 0.408 e. The zero-order chi connectivity index (χ0) is 18.8. The van der Waals surface area contributed by atoms with Crippen molar-refractivity contribution >= 4 is 28.4 Å². The van der Waals surface area contributed by atoms with Gasteiger partial charge in [0.2, 0.25) is 0 Å². The van der Waals surface area contributed by atoms with Crippen LogP contribution in [0.3, 0.4) is 0 Å². The van der Waals surface area contributed by atoms with E-state index in [0.29, 0.717) is 28.4 Å². The number of aryl methyl sites for hydroxylation is 1. The first-order chi connectivity index (χ1) is 12.4. The second kappa shape index (κ2) is 7.07. The fraction of sp³-hybridized carbons (Fsp3) is 0.300. The minimum Gasteiger partial charge on any atom is -0.408 e. The molecule has 1 heterocycles. The van der Waals surface area contributed by atoms with E-state index in [4.69, 9.17) is 4.42 Å². The molecule has 2 aromatic carbocycles. The quantitative estimate of drug-likeness (QED) is 0.761. The summed E-state index contributed by atoms with van der Waals surface area (Å²) in [5.74, 6) is -0.633. The fourth-order valence-corrected chi connectivity index (χ4v) is 3.07. The number of oxazole rings is 1. The van der Waals surface area contributed by atoms with Crippen LogP contribution in [-0.4, -0.2) is 23.1 Å². The molecular weight excluding hydrogens is 330 g/mol. The van der Waals surface area contributed by atoms with Gasteiger partial charge in [-0.3, -0.25) is 9.36 Å². The van der Waals surface area contributed by atoms with Crippen molar-refractivity contribution in [1.29, 1.82) is 0 Å². The number of benzene rings is 2. The molecule has 0 spiro atoms. The number of hydrogen-bond acceptors (Lipinski definition) is 4. The number of carbonyl (C=O) groups is 1. The summed E-state index contributed by atoms with van der Waals surface area (Å²) in [4.78, 5) is 26.3. The first-order valence-electron chi connectivity index (χ1n) is 8.68. The van der Waals surface area contributed by atoms with Gasteiger partial charge in [-0.15, -0.1) is 0 Å². The molecule has 1 amide bonds. The lowest BCUT2D eigenvalue weighted by molar-refractivity contribution is 0.102. The number of aromatic nitrogens is 1. The van der Waals surface area contributed by atoms with E-state index in [1.807, 2.05) is 24.3 Å². The zero-order valence-corrected chi connectivity index (χ0v) is 15.4. The highest BCUT2D eigenvalue weighted by atomic mass is 16.4. The fourth-order valence-electron chi connectivity index (χ4n) is 3.07. The van der Waals surface area contributed by atoms with Gasteiger partial charge in [0, 0.05) is 42.6 Å². The molecule has 6 heteroatoms. The van der Waals surface area contributed by atoms with Crippen molar-refractivity contribution in [3.05, 3.63) is 58.6 Å². The molecule has 0 saturated heterocycles. The predicted octanol–water partition coefficient (Wildman–Crippen LogP) is 3.62. The molecule has 3 aromatic rings. The zero-order valence-electron chi connectivity index (χ0n) is 15.4. The van der Waals surface area contributed by atoms with Crippen LogP contribution in [0, 0.1) is 0 Å². The Hall–Kier alpha value is -3.02. The van der Waals surface area contributed by atoms with Gasteiger partial charge in [0.15, 0.2) is 5.58 Å². The molecule has 6 nitrogen and oxygen atoms in total. The third kappa shape index (κ3) is 3.35. The summed E-state index contributed by atoms with van der Waals surface area (Å²) in [6, 6.07) is 13.1. The second-order valence-corrected chi connectivity index (χ2v) is 6.49. The minimum atomic E-state index is -0.426. The Labute approximate surface area is 152 Å². The molecular formula is C20H23N3O3. The first-order valence-corrected chi connectivity index (χ1v) is 8.68. The topological polar surface area (TPSA) is 67.5 Å². The normalized spacial score (nSPS) is 11.1. The van der Waals surface area contributed by atoms with E-state index < -0.39 is 5.76 Å². The van der Waals surface area contributed by atoms with Crippen LogP contribution in [0.2, 0.25) is 0 Å². The van der Waals surface area contributed by atoms with Gasteiger partial charge in [-0.2, -0.15) is 0 Å². The highest BCUT2D eigenvalue weighted by Gasteiger charge is 2.12. The van der Waals surface area contributed by atoms with Crippen molar-refractivity contribution in [3.8, 4) is 0 Å². The van der Waals surface area contributed by atoms with Crippen molar-refractivity contribution in [2.75, 3.05) is 16.8 Å². The van der Waals surface area contributed by atoms with E-state index in [2.05, 4.69) is 31.0 Å². The molecule has 0 bridgehead atoms. The van der Waals surface area contributed by atoms with Gasteiger partial charge in [-0.05, 0) is 57.2 Å². The Balaban J connectivity index is 1.78. The van der Waals surface area contributed by atoms with Crippen LogP contribution in [0.4, 0.5) is 11.4 Å². The molecule has 0 saturated carbocycles. The van der Waals surface area contributed by atoms with E-state index >= 15 is 0 Å². The van der Waals surface area contributed by atoms with Gasteiger partial charge in [-0.1, -0.05) is 0 Å². The first kappa shape index (κ1) is 17.8. The summed E-state index contributed by atoms with van der Waals surface area (Å²) < 4.78 is 6.58. The SMILES string of the molecule is CCN(c1ccc(C(=O)Nc2ccc3c(c2)oc(=O)n3C)cc1)C(C)C. The van der Waals surface area contributed by atoms with Gasteiger partial charge in [0.05, 0.1) is 5.52 Å². The maximum Gasteiger partial charge on any atom is 0.419 e. The molecule has 0 aliphatic carbocycles. The molecule has 0 atom stereocenters. The lowest BCUT2D eigenvalue weighted by Gasteiger charge is -2.27. The Morgan fingerprint density at radius 3 is 2.50 bits per heavy atom. The van der Waals surface area contributed by atoms with E-state index in [1.54, 1.807) is 25.2 Å². The van der Waals surface area contributed by atoms with Gasteiger partial charge < -0.3 is 14.6 Å². The van der Waals surface area contributed by atoms with Gasteiger partial charge in [0.1, 0.15) is 0 Å². The lowest BCUT2D eigenvalue weighted by atomic mass is 10.1. The molecule has 3 rings (SSSR count). The summed E-state index contributed by atoms with van der Waals surface area (Å²) in [6.07, 6.45) is 0. The number of rotatable bonds is 5. The van der Waals surface area contributed by atoms with E-state index in [-0.39, 0.29) is 5.91 Å². The summed E-state index contributed by atoms with van der Waals surface area (Å²) in [5.41, 5.74) is 3.37. The molecule has 26 heavy (non-hydrogen) atoms. The Kier molecular flexibility index (Phi) is 4.84. The van der Waals surface area contributed by atoms with E-state index in [1.165, 1.54) is 4.57 Å². The van der Waals surface area contributed by atoms with Crippen molar-refractivity contribution in [1.82, 2.24) is 4.57 Å². The third-order valence-electron chi connectivity index (χ3n) is 4.48. The number of nitrogens with one attached hydrogen (secondary N) is 1. The number of amides is 1. The number of fused-ring (bicyclic) bond motifs is 1. The monoisotopic (exact) mass is 353 g/mol. The van der Waals surface area contributed by atoms with Crippen molar-refractivity contribution in [2.45, 2.75) is 26.8 Å². The summed E-state index contributed by atoms with van der Waals surface area (Å²) >= 11 is 0. The van der Waals surface area contributed by atoms with Crippen LogP contribution in [0.5, 0.6) is 0 Å². The van der Waals surface area contributed by atoms with Crippen LogP contribution >= 0.6 is 0 Å². The standard InChI is InChI=1S/C20H23N3O3/c1-5-23(13(2)3)16-9-6-14(7-10-16)19(24)21-15-8-11-17-18(12-15)26-20(25)22(17)4/h6-13H,5H2,1-4H3,(H,21,24). The molecule has 0 fully saturated rings. The predicted molar refractivity (Wildman–Crippen MR) is 104 cm³/mol. The second-order valence-electron chi connectivity index (χ2n) is 6.49. The molecule has 0 unspecified atom stereocenters. The van der Waals surface area contributed by atoms with Gasteiger partial charge in [0.25, 0.3) is 5.91 Å². The summed E-state index contributed by atoms with van der Waals surface area (Å²) in [5, 5.41) is 2.84. The van der Waals surface area contributed by atoms with Crippen molar-refractivity contribution in [3.63, 3.8) is 0 Å². The van der Waals surface area contributed by atoms with Crippen LogP contribution in [-0.2, 0) is 7.05 Å². The largest absolute Gasteiger partial charge is 0.419 e. The minimum absolute atomic E-state index is 0.207. The number of carbonyl (C=O) groups excluding carboxylic acids is 1. The molecule has 136 valence electrons. The average molecular weight is 353 g/mol. The average Bonchev–Trinajstić information content (AvgIpc) is 2.89. The molecule has 0 radical (unpaired) electrons. The number of anilines is 2. The van der Waals surface area contributed by atoms with E-state index in [0.717, 1.165) is 12.2 Å². The van der Waals surface area contributed by atoms with Crippen molar-refractivity contribution < 1.29 is 9.21 Å². The highest BCUT2D eigenvalue weighted by Crippen LogP contribution is 2.20. The van der Waals surface area contributed by atoms with Crippen LogP contribution in [0.1, 0.15) is 31.1 Å². The van der Waals surface area contributed by atoms with Crippen molar-refractivity contribution in [2.24, 2.45) is 7.05 Å². The Morgan fingerprint density at radius 1 is 1.19 bits per heavy atom. The Bertz CT molecular complexity index is 984.